The first-order chi connectivity index (χ1) is 8.70. The van der Waals surface area contributed by atoms with E-state index in [4.69, 9.17) is 10.8 Å². The fourth-order valence-corrected chi connectivity index (χ4v) is 1.34. The molecule has 18 heavy (non-hydrogen) atoms. The van der Waals surface area contributed by atoms with Crippen LogP contribution >= 0.6 is 0 Å². The largest absolute Gasteiger partial charge is 0.480 e. The number of hydrogen-bond donors (Lipinski definition) is 2. The van der Waals surface area contributed by atoms with Crippen LogP contribution in [-0.4, -0.2) is 17.1 Å². The number of carbonyl (C=O) groups is 1. The summed E-state index contributed by atoms with van der Waals surface area (Å²) in [6.07, 6.45) is 0.385. The maximum Gasteiger partial charge on any atom is 0.320 e. The zero-order valence-corrected chi connectivity index (χ0v) is 10.1. The molecule has 0 radical (unpaired) electrons. The van der Waals surface area contributed by atoms with Crippen molar-refractivity contribution in [2.24, 2.45) is 5.73 Å². The van der Waals surface area contributed by atoms with E-state index < -0.39 is 12.0 Å². The minimum absolute atomic E-state index is 0.385. The molecule has 1 atom stereocenters. The third kappa shape index (κ3) is 5.82. The van der Waals surface area contributed by atoms with E-state index >= 15 is 0 Å². The molecule has 0 aliphatic heterocycles. The van der Waals surface area contributed by atoms with Gasteiger partial charge in [0, 0.05) is 0 Å². The van der Waals surface area contributed by atoms with Crippen molar-refractivity contribution in [1.82, 2.24) is 0 Å². The molecule has 0 saturated heterocycles. The fourth-order valence-electron chi connectivity index (χ4n) is 1.34. The topological polar surface area (TPSA) is 63.3 Å². The van der Waals surface area contributed by atoms with E-state index in [1.54, 1.807) is 0 Å². The zero-order valence-electron chi connectivity index (χ0n) is 10.1. The summed E-state index contributed by atoms with van der Waals surface area (Å²) in [5.74, 6) is -0.959. The average Bonchev–Trinajstić information content (AvgIpc) is 2.42. The molecule has 0 heterocycles. The second kappa shape index (κ2) is 8.03. The SMILES string of the molecule is NC(Cc1ccccc1)C(=O)O.c1ccccc1. The molecule has 0 amide bonds. The third-order valence-electron chi connectivity index (χ3n) is 2.28. The van der Waals surface area contributed by atoms with Gasteiger partial charge in [0.15, 0.2) is 0 Å². The monoisotopic (exact) mass is 243 g/mol. The van der Waals surface area contributed by atoms with Gasteiger partial charge in [-0.15, -0.1) is 0 Å². The second-order valence-electron chi connectivity index (χ2n) is 3.79. The smallest absolute Gasteiger partial charge is 0.320 e. The van der Waals surface area contributed by atoms with Crippen LogP contribution in [0.2, 0.25) is 0 Å². The standard InChI is InChI=1S/C9H11NO2.C6H6/c10-8(9(11)12)6-7-4-2-1-3-5-7;1-2-4-6-5-3-1/h1-5,8H,6,10H2,(H,11,12);1-6H. The molecule has 0 aliphatic carbocycles. The van der Waals surface area contributed by atoms with Crippen LogP contribution in [0, 0.1) is 0 Å². The van der Waals surface area contributed by atoms with Crippen LogP contribution in [0.15, 0.2) is 66.7 Å². The van der Waals surface area contributed by atoms with Crippen LogP contribution < -0.4 is 5.73 Å². The molecule has 0 spiro atoms. The van der Waals surface area contributed by atoms with Gasteiger partial charge in [-0.05, 0) is 12.0 Å². The van der Waals surface area contributed by atoms with Crippen molar-refractivity contribution in [1.29, 1.82) is 0 Å². The Labute approximate surface area is 107 Å². The van der Waals surface area contributed by atoms with E-state index in [-0.39, 0.29) is 0 Å². The number of aliphatic carboxylic acids is 1. The van der Waals surface area contributed by atoms with Gasteiger partial charge in [-0.25, -0.2) is 0 Å². The minimum atomic E-state index is -0.959. The van der Waals surface area contributed by atoms with Crippen LogP contribution in [0.25, 0.3) is 0 Å². The van der Waals surface area contributed by atoms with Crippen molar-refractivity contribution >= 4 is 5.97 Å². The van der Waals surface area contributed by atoms with E-state index in [9.17, 15) is 4.79 Å². The van der Waals surface area contributed by atoms with Crippen molar-refractivity contribution in [3.05, 3.63) is 72.3 Å². The fraction of sp³-hybridized carbons (Fsp3) is 0.133. The molecular formula is C15H17NO2. The first-order valence-electron chi connectivity index (χ1n) is 5.72. The van der Waals surface area contributed by atoms with Crippen LogP contribution in [0.4, 0.5) is 0 Å². The average molecular weight is 243 g/mol. The number of carboxylic acids is 1. The molecule has 3 N–H and O–H groups in total. The van der Waals surface area contributed by atoms with Crippen LogP contribution in [0.5, 0.6) is 0 Å². The molecule has 0 aromatic heterocycles. The molecular weight excluding hydrogens is 226 g/mol. The third-order valence-corrected chi connectivity index (χ3v) is 2.28. The number of hydrogen-bond acceptors (Lipinski definition) is 2. The van der Waals surface area contributed by atoms with Crippen LogP contribution in [-0.2, 0) is 11.2 Å². The lowest BCUT2D eigenvalue weighted by molar-refractivity contribution is -0.138. The Hall–Kier alpha value is -2.13. The molecule has 0 saturated carbocycles. The lowest BCUT2D eigenvalue weighted by Gasteiger charge is -2.04. The Kier molecular flexibility index (Phi) is 6.22. The predicted octanol–water partition coefficient (Wildman–Crippen LogP) is 2.33. The summed E-state index contributed by atoms with van der Waals surface area (Å²) in [5.41, 5.74) is 6.30. The van der Waals surface area contributed by atoms with E-state index in [1.807, 2.05) is 66.7 Å². The van der Waals surface area contributed by atoms with Gasteiger partial charge in [-0.2, -0.15) is 0 Å². The molecule has 3 nitrogen and oxygen atoms in total. The number of rotatable bonds is 3. The van der Waals surface area contributed by atoms with Gasteiger partial charge < -0.3 is 10.8 Å². The normalized spacial score (nSPS) is 10.9. The summed E-state index contributed by atoms with van der Waals surface area (Å²) in [4.78, 5) is 10.4. The Bertz CT molecular complexity index is 416. The summed E-state index contributed by atoms with van der Waals surface area (Å²) in [5, 5.41) is 8.52. The summed E-state index contributed by atoms with van der Waals surface area (Å²) in [6, 6.07) is 20.5. The maximum absolute atomic E-state index is 10.4. The highest BCUT2D eigenvalue weighted by molar-refractivity contribution is 5.73. The molecule has 2 rings (SSSR count). The molecule has 2 aromatic rings. The Balaban J connectivity index is 0.000000225. The summed E-state index contributed by atoms with van der Waals surface area (Å²) in [7, 11) is 0. The van der Waals surface area contributed by atoms with Gasteiger partial charge in [-0.3, -0.25) is 4.79 Å². The minimum Gasteiger partial charge on any atom is -0.480 e. The molecule has 3 heteroatoms. The van der Waals surface area contributed by atoms with Crippen molar-refractivity contribution in [3.8, 4) is 0 Å². The van der Waals surface area contributed by atoms with E-state index in [1.165, 1.54) is 0 Å². The highest BCUT2D eigenvalue weighted by atomic mass is 16.4. The lowest BCUT2D eigenvalue weighted by atomic mass is 10.1. The van der Waals surface area contributed by atoms with Crippen molar-refractivity contribution in [3.63, 3.8) is 0 Å². The number of carboxylic acid groups (broad SMARTS) is 1. The number of nitrogens with two attached hydrogens (primary N) is 1. The maximum atomic E-state index is 10.4. The Morgan fingerprint density at radius 2 is 1.33 bits per heavy atom. The highest BCUT2D eigenvalue weighted by Crippen LogP contribution is 2.01. The van der Waals surface area contributed by atoms with Gasteiger partial charge in [0.1, 0.15) is 6.04 Å². The van der Waals surface area contributed by atoms with Crippen molar-refractivity contribution in [2.45, 2.75) is 12.5 Å². The van der Waals surface area contributed by atoms with Crippen LogP contribution in [0.3, 0.4) is 0 Å². The van der Waals surface area contributed by atoms with Gasteiger partial charge in [0.25, 0.3) is 0 Å². The second-order valence-corrected chi connectivity index (χ2v) is 3.79. The molecule has 2 aromatic carbocycles. The van der Waals surface area contributed by atoms with Crippen molar-refractivity contribution < 1.29 is 9.90 Å². The van der Waals surface area contributed by atoms with E-state index in [2.05, 4.69) is 0 Å². The Morgan fingerprint density at radius 3 is 1.72 bits per heavy atom. The quantitative estimate of drug-likeness (QED) is 0.869. The summed E-state index contributed by atoms with van der Waals surface area (Å²) < 4.78 is 0. The molecule has 0 bridgehead atoms. The van der Waals surface area contributed by atoms with E-state index in [0.29, 0.717) is 6.42 Å². The van der Waals surface area contributed by atoms with Gasteiger partial charge in [0.2, 0.25) is 0 Å². The van der Waals surface area contributed by atoms with Gasteiger partial charge in [-0.1, -0.05) is 66.7 Å². The molecule has 94 valence electrons. The highest BCUT2D eigenvalue weighted by Gasteiger charge is 2.10. The summed E-state index contributed by atoms with van der Waals surface area (Å²) in [6.45, 7) is 0. The first-order valence-corrected chi connectivity index (χ1v) is 5.72. The summed E-state index contributed by atoms with van der Waals surface area (Å²) >= 11 is 0. The molecule has 1 unspecified atom stereocenters. The zero-order chi connectivity index (χ0) is 13.2. The van der Waals surface area contributed by atoms with Crippen LogP contribution in [0.1, 0.15) is 5.56 Å². The Morgan fingerprint density at radius 1 is 0.944 bits per heavy atom. The van der Waals surface area contributed by atoms with Gasteiger partial charge >= 0.3 is 5.97 Å². The lowest BCUT2D eigenvalue weighted by Crippen LogP contribution is -2.32. The molecule has 0 aliphatic rings. The van der Waals surface area contributed by atoms with E-state index in [0.717, 1.165) is 5.56 Å². The molecule has 0 fully saturated rings. The first kappa shape index (κ1) is 13.9. The predicted molar refractivity (Wildman–Crippen MR) is 72.2 cm³/mol. The van der Waals surface area contributed by atoms with Gasteiger partial charge in [0.05, 0.1) is 0 Å². The number of benzene rings is 2. The van der Waals surface area contributed by atoms with Crippen molar-refractivity contribution in [2.75, 3.05) is 0 Å².